The molecule has 0 aromatic carbocycles. The molecule has 0 aliphatic carbocycles. The molecule has 1 unspecified atom stereocenters. The van der Waals surface area contributed by atoms with Crippen molar-refractivity contribution >= 4 is 12.0 Å². The number of piperazine rings is 1. The molecule has 1 aliphatic heterocycles. The van der Waals surface area contributed by atoms with Crippen molar-refractivity contribution in [2.75, 3.05) is 26.7 Å². The van der Waals surface area contributed by atoms with E-state index in [1.807, 2.05) is 27.8 Å². The summed E-state index contributed by atoms with van der Waals surface area (Å²) in [5.74, 6) is -0.741. The fraction of sp³-hybridized carbons (Fsp3) is 0.846. The van der Waals surface area contributed by atoms with Crippen LogP contribution in [0.4, 0.5) is 4.79 Å². The van der Waals surface area contributed by atoms with Crippen molar-refractivity contribution in [3.8, 4) is 0 Å². The second kappa shape index (κ2) is 6.75. The molecular weight excluding hydrogens is 246 g/mol. The average molecular weight is 271 g/mol. The lowest BCUT2D eigenvalue weighted by molar-refractivity contribution is -0.139. The number of urea groups is 1. The van der Waals surface area contributed by atoms with Gasteiger partial charge in [0.15, 0.2) is 0 Å². The number of carboxylic acids is 1. The number of nitrogens with zero attached hydrogens (tertiary/aromatic N) is 2. The number of carbonyl (C=O) groups excluding carboxylic acids is 1. The molecule has 0 saturated carbocycles. The second-order valence-corrected chi connectivity index (χ2v) is 5.77. The van der Waals surface area contributed by atoms with Crippen LogP contribution in [-0.4, -0.2) is 65.7 Å². The first-order chi connectivity index (χ1) is 8.81. The summed E-state index contributed by atoms with van der Waals surface area (Å²) in [7, 11) is 2.02. The quantitative estimate of drug-likeness (QED) is 0.794. The van der Waals surface area contributed by atoms with Gasteiger partial charge < -0.3 is 20.2 Å². The zero-order chi connectivity index (χ0) is 14.6. The predicted molar refractivity (Wildman–Crippen MR) is 73.1 cm³/mol. The van der Waals surface area contributed by atoms with Gasteiger partial charge in [-0.25, -0.2) is 9.59 Å². The number of likely N-dealkylation sites (N-methyl/N-ethyl adjacent to an activating group) is 1. The summed E-state index contributed by atoms with van der Waals surface area (Å²) in [6.07, 6.45) is 0.448. The van der Waals surface area contributed by atoms with E-state index < -0.39 is 12.0 Å². The average Bonchev–Trinajstić information content (AvgIpc) is 2.26. The Labute approximate surface area is 114 Å². The summed E-state index contributed by atoms with van der Waals surface area (Å²) in [6, 6.07) is -0.972. The zero-order valence-corrected chi connectivity index (χ0v) is 12.2. The van der Waals surface area contributed by atoms with Crippen molar-refractivity contribution in [1.29, 1.82) is 0 Å². The molecule has 1 saturated heterocycles. The van der Waals surface area contributed by atoms with E-state index in [0.717, 1.165) is 13.1 Å². The monoisotopic (exact) mass is 271 g/mol. The fourth-order valence-corrected chi connectivity index (χ4v) is 2.37. The highest BCUT2D eigenvalue weighted by Crippen LogP contribution is 2.10. The zero-order valence-electron chi connectivity index (χ0n) is 12.2. The van der Waals surface area contributed by atoms with E-state index in [1.165, 1.54) is 0 Å². The standard InChI is InChI=1S/C13H25N3O3/c1-9(2)7-11(12(17)18)14-13(19)16-6-5-15(4)8-10(16)3/h9-11H,5-8H2,1-4H3,(H,14,19)(H,17,18)/t10?,11-/m0/s1. The van der Waals surface area contributed by atoms with Crippen molar-refractivity contribution in [3.63, 3.8) is 0 Å². The first-order valence-corrected chi connectivity index (χ1v) is 6.79. The van der Waals surface area contributed by atoms with Crippen molar-refractivity contribution < 1.29 is 14.7 Å². The molecule has 2 atom stereocenters. The molecule has 1 fully saturated rings. The Morgan fingerprint density at radius 3 is 2.47 bits per heavy atom. The third-order valence-electron chi connectivity index (χ3n) is 3.39. The Bertz CT molecular complexity index is 333. The smallest absolute Gasteiger partial charge is 0.326 e. The summed E-state index contributed by atoms with van der Waals surface area (Å²) in [5.41, 5.74) is 0. The molecule has 6 heteroatoms. The Kier molecular flexibility index (Phi) is 5.60. The van der Waals surface area contributed by atoms with Gasteiger partial charge in [-0.3, -0.25) is 0 Å². The van der Waals surface area contributed by atoms with Crippen LogP contribution in [0.2, 0.25) is 0 Å². The Hall–Kier alpha value is -1.30. The number of nitrogens with one attached hydrogen (secondary N) is 1. The van der Waals surface area contributed by atoms with Crippen LogP contribution in [0.5, 0.6) is 0 Å². The van der Waals surface area contributed by atoms with Crippen molar-refractivity contribution in [3.05, 3.63) is 0 Å². The minimum absolute atomic E-state index is 0.104. The van der Waals surface area contributed by atoms with Crippen LogP contribution >= 0.6 is 0 Å². The van der Waals surface area contributed by atoms with E-state index >= 15 is 0 Å². The lowest BCUT2D eigenvalue weighted by atomic mass is 10.0. The number of carboxylic acid groups (broad SMARTS) is 1. The number of carbonyl (C=O) groups is 2. The molecule has 2 amide bonds. The maximum Gasteiger partial charge on any atom is 0.326 e. The Morgan fingerprint density at radius 2 is 2.00 bits per heavy atom. The minimum atomic E-state index is -0.969. The van der Waals surface area contributed by atoms with Crippen LogP contribution in [0, 0.1) is 5.92 Å². The molecule has 1 heterocycles. The molecule has 6 nitrogen and oxygen atoms in total. The van der Waals surface area contributed by atoms with Crippen LogP contribution in [0.1, 0.15) is 27.2 Å². The highest BCUT2D eigenvalue weighted by Gasteiger charge is 2.29. The molecule has 19 heavy (non-hydrogen) atoms. The third kappa shape index (κ3) is 4.70. The van der Waals surface area contributed by atoms with E-state index in [2.05, 4.69) is 10.2 Å². The minimum Gasteiger partial charge on any atom is -0.480 e. The van der Waals surface area contributed by atoms with Crippen molar-refractivity contribution in [1.82, 2.24) is 15.1 Å². The lowest BCUT2D eigenvalue weighted by Gasteiger charge is -2.38. The van der Waals surface area contributed by atoms with E-state index in [-0.39, 0.29) is 18.0 Å². The summed E-state index contributed by atoms with van der Waals surface area (Å²) >= 11 is 0. The number of hydrogen-bond donors (Lipinski definition) is 2. The molecule has 0 aromatic heterocycles. The Morgan fingerprint density at radius 1 is 1.37 bits per heavy atom. The highest BCUT2D eigenvalue weighted by molar-refractivity contribution is 5.82. The molecule has 0 radical (unpaired) electrons. The van der Waals surface area contributed by atoms with Crippen LogP contribution < -0.4 is 5.32 Å². The molecule has 0 bridgehead atoms. The number of rotatable bonds is 4. The highest BCUT2D eigenvalue weighted by atomic mass is 16.4. The van der Waals surface area contributed by atoms with Crippen LogP contribution in [0.15, 0.2) is 0 Å². The van der Waals surface area contributed by atoms with Gasteiger partial charge in [-0.05, 0) is 26.3 Å². The molecule has 1 rings (SSSR count). The molecule has 0 spiro atoms. The van der Waals surface area contributed by atoms with Gasteiger partial charge in [-0.15, -0.1) is 0 Å². The molecule has 110 valence electrons. The normalized spacial score (nSPS) is 22.4. The van der Waals surface area contributed by atoms with Gasteiger partial charge in [0.1, 0.15) is 6.04 Å². The number of amides is 2. The summed E-state index contributed by atoms with van der Waals surface area (Å²) in [6.45, 7) is 8.14. The van der Waals surface area contributed by atoms with Gasteiger partial charge in [0, 0.05) is 25.7 Å². The van der Waals surface area contributed by atoms with Gasteiger partial charge in [0.2, 0.25) is 0 Å². The second-order valence-electron chi connectivity index (χ2n) is 5.77. The maximum atomic E-state index is 12.1. The topological polar surface area (TPSA) is 72.9 Å². The first kappa shape index (κ1) is 15.8. The largest absolute Gasteiger partial charge is 0.480 e. The maximum absolute atomic E-state index is 12.1. The van der Waals surface area contributed by atoms with Crippen molar-refractivity contribution in [2.45, 2.75) is 39.3 Å². The molecule has 1 aliphatic rings. The molecular formula is C13H25N3O3. The SMILES string of the molecule is CC(C)C[C@H](NC(=O)N1CCN(C)CC1C)C(=O)O. The van der Waals surface area contributed by atoms with E-state index in [4.69, 9.17) is 5.11 Å². The van der Waals surface area contributed by atoms with E-state index in [9.17, 15) is 9.59 Å². The van der Waals surface area contributed by atoms with Gasteiger partial charge in [0.05, 0.1) is 0 Å². The fourth-order valence-electron chi connectivity index (χ4n) is 2.37. The summed E-state index contributed by atoms with van der Waals surface area (Å²) in [5, 5.41) is 11.8. The van der Waals surface area contributed by atoms with Crippen molar-refractivity contribution in [2.24, 2.45) is 5.92 Å². The van der Waals surface area contributed by atoms with Gasteiger partial charge >= 0.3 is 12.0 Å². The Balaban J connectivity index is 2.59. The number of hydrogen-bond acceptors (Lipinski definition) is 3. The predicted octanol–water partition coefficient (Wildman–Crippen LogP) is 0.831. The molecule has 0 aromatic rings. The third-order valence-corrected chi connectivity index (χ3v) is 3.39. The number of aliphatic carboxylic acids is 1. The van der Waals surface area contributed by atoms with Crippen LogP contribution in [0.25, 0.3) is 0 Å². The van der Waals surface area contributed by atoms with Gasteiger partial charge in [0.25, 0.3) is 0 Å². The lowest BCUT2D eigenvalue weighted by Crippen LogP contribution is -2.57. The first-order valence-electron chi connectivity index (χ1n) is 6.79. The van der Waals surface area contributed by atoms with Gasteiger partial charge in [-0.1, -0.05) is 13.8 Å². The van der Waals surface area contributed by atoms with E-state index in [0.29, 0.717) is 13.0 Å². The van der Waals surface area contributed by atoms with E-state index in [1.54, 1.807) is 4.90 Å². The summed E-state index contributed by atoms with van der Waals surface area (Å²) in [4.78, 5) is 27.2. The molecule has 2 N–H and O–H groups in total. The summed E-state index contributed by atoms with van der Waals surface area (Å²) < 4.78 is 0. The van der Waals surface area contributed by atoms with Gasteiger partial charge in [-0.2, -0.15) is 0 Å². The van der Waals surface area contributed by atoms with Crippen LogP contribution in [-0.2, 0) is 4.79 Å². The van der Waals surface area contributed by atoms with Crippen LogP contribution in [0.3, 0.4) is 0 Å².